The van der Waals surface area contributed by atoms with Crippen molar-refractivity contribution < 1.29 is 8.42 Å². The molecule has 0 aliphatic carbocycles. The van der Waals surface area contributed by atoms with Crippen LogP contribution >= 0.6 is 0 Å². The molecule has 128 valence electrons. The predicted molar refractivity (Wildman–Crippen MR) is 91.7 cm³/mol. The molecule has 1 aromatic heterocycles. The van der Waals surface area contributed by atoms with Crippen LogP contribution in [0.3, 0.4) is 0 Å². The van der Waals surface area contributed by atoms with Crippen molar-refractivity contribution in [3.63, 3.8) is 0 Å². The molecule has 2 heterocycles. The second kappa shape index (κ2) is 6.96. The summed E-state index contributed by atoms with van der Waals surface area (Å²) >= 11 is 0. The lowest BCUT2D eigenvalue weighted by molar-refractivity contribution is 0.378. The number of sulfonamides is 1. The fraction of sp³-hybridized carbons (Fsp3) is 0.412. The average Bonchev–Trinajstić information content (AvgIpc) is 3.06. The Morgan fingerprint density at radius 3 is 2.67 bits per heavy atom. The summed E-state index contributed by atoms with van der Waals surface area (Å²) in [6.07, 6.45) is 5.01. The molecule has 24 heavy (non-hydrogen) atoms. The topological polar surface area (TPSA) is 66.4 Å². The molecular formula is C17H22N4O2S. The molecule has 0 amide bonds. The van der Waals surface area contributed by atoms with Crippen molar-refractivity contribution in [2.75, 3.05) is 20.6 Å². The third-order valence-electron chi connectivity index (χ3n) is 4.08. The van der Waals surface area contributed by atoms with Crippen LogP contribution in [0.2, 0.25) is 0 Å². The Labute approximate surface area is 143 Å². The Balaban J connectivity index is 1.91. The molecule has 1 aliphatic rings. The molecule has 0 spiro atoms. The molecule has 2 aromatic rings. The van der Waals surface area contributed by atoms with Crippen molar-refractivity contribution in [3.8, 4) is 0 Å². The highest BCUT2D eigenvalue weighted by molar-refractivity contribution is 7.89. The Bertz CT molecular complexity index is 793. The molecule has 0 bridgehead atoms. The van der Waals surface area contributed by atoms with Crippen molar-refractivity contribution in [2.45, 2.75) is 30.3 Å². The van der Waals surface area contributed by atoms with Crippen LogP contribution in [-0.2, 0) is 16.6 Å². The first-order valence-electron chi connectivity index (χ1n) is 8.01. The van der Waals surface area contributed by atoms with Gasteiger partial charge in [0.15, 0.2) is 0 Å². The maximum Gasteiger partial charge on any atom is 0.243 e. The molecular weight excluding hydrogens is 324 g/mol. The molecule has 1 unspecified atom stereocenters. The molecule has 0 radical (unpaired) electrons. The molecule has 0 N–H and O–H groups in total. The Kier molecular flexibility index (Phi) is 4.93. The highest BCUT2D eigenvalue weighted by Gasteiger charge is 2.37. The molecule has 1 aliphatic heterocycles. The molecule has 1 saturated heterocycles. The van der Waals surface area contributed by atoms with E-state index in [-0.39, 0.29) is 6.04 Å². The number of nitrogens with zero attached hydrogens (tertiary/aromatic N) is 4. The summed E-state index contributed by atoms with van der Waals surface area (Å²) in [6, 6.07) is 8.34. The van der Waals surface area contributed by atoms with Gasteiger partial charge in [0.2, 0.25) is 10.0 Å². The molecule has 1 atom stereocenters. The van der Waals surface area contributed by atoms with Gasteiger partial charge in [-0.1, -0.05) is 18.2 Å². The lowest BCUT2D eigenvalue weighted by Gasteiger charge is -2.24. The first kappa shape index (κ1) is 17.0. The van der Waals surface area contributed by atoms with Gasteiger partial charge in [-0.2, -0.15) is 4.31 Å². The minimum Gasteiger partial charge on any atom is -0.304 e. The van der Waals surface area contributed by atoms with Gasteiger partial charge in [0.1, 0.15) is 0 Å². The van der Waals surface area contributed by atoms with Crippen molar-refractivity contribution in [3.05, 3.63) is 54.1 Å². The van der Waals surface area contributed by atoms with Gasteiger partial charge in [-0.3, -0.25) is 9.97 Å². The lowest BCUT2D eigenvalue weighted by Crippen LogP contribution is -2.31. The van der Waals surface area contributed by atoms with E-state index in [9.17, 15) is 8.42 Å². The third kappa shape index (κ3) is 3.48. The van der Waals surface area contributed by atoms with Gasteiger partial charge in [-0.15, -0.1) is 0 Å². The number of aromatic nitrogens is 2. The maximum absolute atomic E-state index is 13.0. The van der Waals surface area contributed by atoms with Crippen molar-refractivity contribution in [1.29, 1.82) is 0 Å². The summed E-state index contributed by atoms with van der Waals surface area (Å²) in [5.41, 5.74) is 1.58. The quantitative estimate of drug-likeness (QED) is 0.829. The Morgan fingerprint density at radius 2 is 1.96 bits per heavy atom. The summed E-state index contributed by atoms with van der Waals surface area (Å²) in [5.74, 6) is 0. The van der Waals surface area contributed by atoms with Gasteiger partial charge >= 0.3 is 0 Å². The van der Waals surface area contributed by atoms with Crippen LogP contribution in [0.15, 0.2) is 47.6 Å². The van der Waals surface area contributed by atoms with Crippen LogP contribution in [0.1, 0.15) is 30.3 Å². The van der Waals surface area contributed by atoms with E-state index in [0.717, 1.165) is 24.2 Å². The van der Waals surface area contributed by atoms with Crippen molar-refractivity contribution in [2.24, 2.45) is 0 Å². The van der Waals surface area contributed by atoms with Crippen molar-refractivity contribution >= 4 is 10.0 Å². The number of rotatable bonds is 5. The second-order valence-electron chi connectivity index (χ2n) is 6.26. The van der Waals surface area contributed by atoms with E-state index >= 15 is 0 Å². The van der Waals surface area contributed by atoms with Gasteiger partial charge in [0.25, 0.3) is 0 Å². The molecule has 6 nitrogen and oxygen atoms in total. The van der Waals surface area contributed by atoms with Crippen LogP contribution in [0.4, 0.5) is 0 Å². The third-order valence-corrected chi connectivity index (χ3v) is 6.00. The normalized spacial score (nSPS) is 19.0. The van der Waals surface area contributed by atoms with Gasteiger partial charge in [0.05, 0.1) is 28.5 Å². The summed E-state index contributed by atoms with van der Waals surface area (Å²) in [4.78, 5) is 11.2. The largest absolute Gasteiger partial charge is 0.304 e. The van der Waals surface area contributed by atoms with Crippen LogP contribution in [0.5, 0.6) is 0 Å². The standard InChI is InChI=1S/C17H22N4O2S/c1-20(2)13-14-11-18-12-16(19-14)17-9-6-10-21(17)24(22,23)15-7-4-3-5-8-15/h3-5,7-8,11-12,17H,6,9-10,13H2,1-2H3. The van der Waals surface area contributed by atoms with E-state index in [1.807, 2.05) is 25.1 Å². The van der Waals surface area contributed by atoms with E-state index in [4.69, 9.17) is 0 Å². The first-order valence-corrected chi connectivity index (χ1v) is 9.45. The zero-order chi connectivity index (χ0) is 17.2. The molecule has 1 aromatic carbocycles. The Hall–Kier alpha value is -1.83. The highest BCUT2D eigenvalue weighted by Crippen LogP contribution is 2.35. The number of hydrogen-bond donors (Lipinski definition) is 0. The monoisotopic (exact) mass is 346 g/mol. The second-order valence-corrected chi connectivity index (χ2v) is 8.15. The zero-order valence-electron chi connectivity index (χ0n) is 14.0. The van der Waals surface area contributed by atoms with Gasteiger partial charge in [0, 0.05) is 19.3 Å². The van der Waals surface area contributed by atoms with Gasteiger partial charge in [-0.25, -0.2) is 8.42 Å². The van der Waals surface area contributed by atoms with E-state index < -0.39 is 10.0 Å². The van der Waals surface area contributed by atoms with Crippen LogP contribution in [0.25, 0.3) is 0 Å². The smallest absolute Gasteiger partial charge is 0.243 e. The predicted octanol–water partition coefficient (Wildman–Crippen LogP) is 2.06. The van der Waals surface area contributed by atoms with Crippen LogP contribution in [0, 0.1) is 0 Å². The summed E-state index contributed by atoms with van der Waals surface area (Å²) in [6.45, 7) is 1.19. The van der Waals surface area contributed by atoms with Gasteiger partial charge in [-0.05, 0) is 39.1 Å². The molecule has 3 rings (SSSR count). The van der Waals surface area contributed by atoms with Crippen LogP contribution in [-0.4, -0.2) is 48.2 Å². The summed E-state index contributed by atoms with van der Waals surface area (Å²) in [7, 11) is 0.420. The van der Waals surface area contributed by atoms with Gasteiger partial charge < -0.3 is 4.90 Å². The minimum absolute atomic E-state index is 0.246. The first-order chi connectivity index (χ1) is 11.5. The molecule has 7 heteroatoms. The minimum atomic E-state index is -3.52. The lowest BCUT2D eigenvalue weighted by atomic mass is 10.1. The van der Waals surface area contributed by atoms with Crippen LogP contribution < -0.4 is 0 Å². The Morgan fingerprint density at radius 1 is 1.21 bits per heavy atom. The van der Waals surface area contributed by atoms with Crippen molar-refractivity contribution in [1.82, 2.24) is 19.2 Å². The van der Waals surface area contributed by atoms with E-state index in [1.54, 1.807) is 41.0 Å². The fourth-order valence-electron chi connectivity index (χ4n) is 3.04. The number of hydrogen-bond acceptors (Lipinski definition) is 5. The number of benzene rings is 1. The van der Waals surface area contributed by atoms with E-state index in [1.165, 1.54) is 0 Å². The zero-order valence-corrected chi connectivity index (χ0v) is 14.8. The maximum atomic E-state index is 13.0. The fourth-order valence-corrected chi connectivity index (χ4v) is 4.72. The molecule has 0 saturated carbocycles. The highest BCUT2D eigenvalue weighted by atomic mass is 32.2. The molecule has 1 fully saturated rings. The van der Waals surface area contributed by atoms with E-state index in [2.05, 4.69) is 9.97 Å². The average molecular weight is 346 g/mol. The summed E-state index contributed by atoms with van der Waals surface area (Å²) < 4.78 is 27.5. The SMILES string of the molecule is CN(C)Cc1cncc(C2CCCN2S(=O)(=O)c2ccccc2)n1. The summed E-state index contributed by atoms with van der Waals surface area (Å²) in [5, 5.41) is 0. The van der Waals surface area contributed by atoms with E-state index in [0.29, 0.717) is 18.0 Å².